The average molecular weight is 1260 g/mol. The topological polar surface area (TPSA) is 364 Å². The number of fused-ring (bicyclic) bond motifs is 8. The lowest BCUT2D eigenvalue weighted by atomic mass is 10.1. The van der Waals surface area contributed by atoms with Gasteiger partial charge in [0.2, 0.25) is 23.6 Å². The molecule has 8 N–H and O–H groups in total. The lowest BCUT2D eigenvalue weighted by Crippen LogP contribution is -2.50. The number of carbonyl (C=O) groups is 8. The van der Waals surface area contributed by atoms with Crippen molar-refractivity contribution in [1.29, 1.82) is 0 Å². The highest BCUT2D eigenvalue weighted by molar-refractivity contribution is 7.86. The molecule has 5 heterocycles. The van der Waals surface area contributed by atoms with Gasteiger partial charge in [0.15, 0.2) is 33.7 Å². The van der Waals surface area contributed by atoms with Gasteiger partial charge in [0.25, 0.3) is 43.9 Å². The molecule has 89 heavy (non-hydrogen) atoms. The predicted octanol–water partition coefficient (Wildman–Crippen LogP) is 3.83. The van der Waals surface area contributed by atoms with E-state index in [1.165, 1.54) is 62.1 Å². The lowest BCUT2D eigenvalue weighted by molar-refractivity contribution is -0.137. The molecule has 6 atom stereocenters. The molecule has 0 spiro atoms. The maximum Gasteiger partial charge on any atom is 0.288 e. The molecular weight excluding hydrogens is 1200 g/mol. The van der Waals surface area contributed by atoms with Gasteiger partial charge in [-0.05, 0) is 104 Å². The van der Waals surface area contributed by atoms with Crippen molar-refractivity contribution in [2.75, 3.05) is 53.1 Å². The van der Waals surface area contributed by atoms with E-state index in [1.807, 2.05) is 0 Å². The molecule has 0 saturated heterocycles. The molecule has 0 aliphatic carbocycles. The molecule has 8 amide bonds. The van der Waals surface area contributed by atoms with Gasteiger partial charge in [0.05, 0.1) is 48.8 Å². The zero-order valence-corrected chi connectivity index (χ0v) is 50.1. The van der Waals surface area contributed by atoms with Crippen molar-refractivity contribution in [3.63, 3.8) is 0 Å². The number of nitrogens with one attached hydrogen (secondary N) is 6. The van der Waals surface area contributed by atoms with Crippen LogP contribution in [0.25, 0.3) is 0 Å². The van der Waals surface area contributed by atoms with Gasteiger partial charge >= 0.3 is 0 Å². The van der Waals surface area contributed by atoms with Crippen LogP contribution >= 0.6 is 0 Å². The first kappa shape index (κ1) is 62.5. The second-order valence-electron chi connectivity index (χ2n) is 21.8. The number of imide groups is 1. The van der Waals surface area contributed by atoms with E-state index in [2.05, 4.69) is 31.9 Å². The van der Waals surface area contributed by atoms with Crippen LogP contribution in [0.3, 0.4) is 0 Å². The van der Waals surface area contributed by atoms with Gasteiger partial charge in [-0.1, -0.05) is 36.4 Å². The zero-order chi connectivity index (χ0) is 63.6. The van der Waals surface area contributed by atoms with E-state index in [0.717, 1.165) is 17.1 Å². The van der Waals surface area contributed by atoms with E-state index in [-0.39, 0.29) is 109 Å². The van der Waals surface area contributed by atoms with Crippen LogP contribution in [0.5, 0.6) is 23.0 Å². The molecule has 0 fully saturated rings. The smallest absolute Gasteiger partial charge is 0.288 e. The summed E-state index contributed by atoms with van der Waals surface area (Å²) in [5.74, 6) is -4.06. The monoisotopic (exact) mass is 1260 g/mol. The first-order valence-electron chi connectivity index (χ1n) is 28.2. The van der Waals surface area contributed by atoms with E-state index in [1.54, 1.807) is 66.7 Å². The summed E-state index contributed by atoms with van der Waals surface area (Å²) in [5, 5.41) is 13.0. The number of amides is 8. The minimum atomic E-state index is -4.84. The fraction of sp³-hybridized carbons (Fsp3) is 0.333. The van der Waals surface area contributed by atoms with Crippen molar-refractivity contribution in [2.24, 2.45) is 0 Å². The Hall–Kier alpha value is -9.58. The van der Waals surface area contributed by atoms with Crippen LogP contribution in [0, 0.1) is 0 Å². The number of ether oxygens (including phenoxy) is 4. The van der Waals surface area contributed by atoms with Crippen molar-refractivity contribution in [3.05, 3.63) is 137 Å². The van der Waals surface area contributed by atoms with Crippen molar-refractivity contribution in [2.45, 2.75) is 101 Å². The van der Waals surface area contributed by atoms with Gasteiger partial charge in [-0.15, -0.1) is 0 Å². The SMILES string of the molecule is COc1cc2c(cc1OCc1cc(COc3cc4c(cc3OC)C(=O)N3c5ccccc5C[C@H]3C(S(=O)(=O)O)N4)cc(NC(=O)[C@H](C)NC(=O)[C@H](C)NC(=O)CCCCC(=O)NCCN3C(=O)C=CC3=O)c1)N[C@H](S(=O)(=O)O)C1Cc3ccccc3N1C2=O. The molecule has 2 unspecified atom stereocenters. The Morgan fingerprint density at radius 1 is 0.607 bits per heavy atom. The second-order valence-corrected chi connectivity index (χ2v) is 24.8. The fourth-order valence-electron chi connectivity index (χ4n) is 11.4. The largest absolute Gasteiger partial charge is 0.493 e. The molecule has 468 valence electrons. The molecule has 0 saturated carbocycles. The van der Waals surface area contributed by atoms with E-state index in [9.17, 15) is 64.3 Å². The van der Waals surface area contributed by atoms with Gasteiger partial charge in [-0.2, -0.15) is 16.8 Å². The number of benzene rings is 5. The highest BCUT2D eigenvalue weighted by Gasteiger charge is 2.49. The summed E-state index contributed by atoms with van der Waals surface area (Å²) < 4.78 is 97.2. The van der Waals surface area contributed by atoms with E-state index in [4.69, 9.17) is 18.9 Å². The van der Waals surface area contributed by atoms with E-state index in [0.29, 0.717) is 46.5 Å². The highest BCUT2D eigenvalue weighted by Crippen LogP contribution is 2.45. The van der Waals surface area contributed by atoms with Crippen molar-refractivity contribution in [3.8, 4) is 23.0 Å². The van der Waals surface area contributed by atoms with Crippen molar-refractivity contribution < 1.29 is 83.2 Å². The van der Waals surface area contributed by atoms with Crippen LogP contribution in [0.15, 0.2) is 103 Å². The summed E-state index contributed by atoms with van der Waals surface area (Å²) >= 11 is 0. The van der Waals surface area contributed by atoms with E-state index >= 15 is 0 Å². The highest BCUT2D eigenvalue weighted by atomic mass is 32.2. The molecule has 10 rings (SSSR count). The molecule has 5 aromatic rings. The van der Waals surface area contributed by atoms with Crippen LogP contribution in [-0.2, 0) is 75.1 Å². The average Bonchev–Trinajstić information content (AvgIpc) is 1.77. The fourth-order valence-corrected chi connectivity index (χ4v) is 13.2. The number of unbranched alkanes of at least 4 members (excludes halogenated alkanes) is 1. The number of para-hydroxylation sites is 2. The van der Waals surface area contributed by atoms with Gasteiger partial charge < -0.3 is 60.6 Å². The number of hydrogen-bond donors (Lipinski definition) is 8. The number of rotatable bonds is 23. The summed E-state index contributed by atoms with van der Waals surface area (Å²) in [5.41, 5.74) is 3.38. The summed E-state index contributed by atoms with van der Waals surface area (Å²) in [4.78, 5) is 108. The molecular formula is C60H63N9O18S2. The third kappa shape index (κ3) is 13.5. The molecule has 5 aliphatic heterocycles. The van der Waals surface area contributed by atoms with Gasteiger partial charge in [0, 0.05) is 67.3 Å². The van der Waals surface area contributed by atoms with Crippen LogP contribution < -0.4 is 60.6 Å². The summed E-state index contributed by atoms with van der Waals surface area (Å²) in [7, 11) is -6.99. The quantitative estimate of drug-likeness (QED) is 0.0262. The Bertz CT molecular complexity index is 3790. The third-order valence-electron chi connectivity index (χ3n) is 15.7. The second kappa shape index (κ2) is 25.6. The predicted molar refractivity (Wildman–Crippen MR) is 322 cm³/mol. The number of nitrogens with zero attached hydrogens (tertiary/aromatic N) is 3. The standard InChI is InChI=1S/C60H63N9O18S2/c1-32(62-52(71)16-10-9-15-51(70)61-19-20-67-53(72)17-18-54(67)73)55(74)63-33(2)56(75)64-38-22-34(30-86-49-28-41-39(26-47(49)84-3)59(76)68-43-13-7-5-11-36(43)24-45(68)57(65-41)88(78,79)80)21-35(23-38)31-87-50-29-42-40(27-48(50)85-4)60(77)69-44-14-8-6-12-37(44)25-46(69)58(66-42)89(81,82)83/h5-8,11-14,17-18,21-23,26-29,32-33,45-46,57-58,65-66H,9-10,15-16,19-20,24-25,30-31H2,1-4H3,(H,61,70)(H,62,71)(H,63,74)(H,64,75)(H,78,79,80)(H,81,82,83)/t32-,33-,45-,46?,57?,58+/m0/s1. The number of methoxy groups -OCH3 is 2. The minimum Gasteiger partial charge on any atom is -0.493 e. The zero-order valence-electron chi connectivity index (χ0n) is 48.4. The van der Waals surface area contributed by atoms with Gasteiger partial charge in [-0.3, -0.25) is 52.4 Å². The summed E-state index contributed by atoms with van der Waals surface area (Å²) in [6.07, 6.45) is 3.23. The molecule has 0 bridgehead atoms. The van der Waals surface area contributed by atoms with Crippen LogP contribution in [0.2, 0.25) is 0 Å². The Kier molecular flexibility index (Phi) is 18.0. The molecule has 0 aromatic heterocycles. The lowest BCUT2D eigenvalue weighted by Gasteiger charge is -2.27. The Balaban J connectivity index is 0.855. The Morgan fingerprint density at radius 2 is 1.07 bits per heavy atom. The normalized spacial score (nSPS) is 18.7. The van der Waals surface area contributed by atoms with Crippen LogP contribution in [0.1, 0.15) is 82.5 Å². The molecule has 27 nitrogen and oxygen atoms in total. The first-order chi connectivity index (χ1) is 42.4. The maximum atomic E-state index is 14.4. The molecule has 5 aliphatic rings. The van der Waals surface area contributed by atoms with E-state index < -0.39 is 96.5 Å². The third-order valence-corrected chi connectivity index (χ3v) is 17.9. The number of hydrogen-bond acceptors (Lipinski definition) is 18. The molecule has 0 radical (unpaired) electrons. The summed E-state index contributed by atoms with van der Waals surface area (Å²) in [6.45, 7) is 2.37. The van der Waals surface area contributed by atoms with Crippen molar-refractivity contribution in [1.82, 2.24) is 20.9 Å². The van der Waals surface area contributed by atoms with Crippen molar-refractivity contribution >= 4 is 95.9 Å². The Labute approximate surface area is 510 Å². The Morgan fingerprint density at radius 3 is 1.54 bits per heavy atom. The molecule has 5 aromatic carbocycles. The van der Waals surface area contributed by atoms with Gasteiger partial charge in [-0.25, -0.2) is 0 Å². The number of carbonyl (C=O) groups excluding carboxylic acids is 8. The van der Waals surface area contributed by atoms with Gasteiger partial charge in [0.1, 0.15) is 25.3 Å². The number of anilines is 5. The summed E-state index contributed by atoms with van der Waals surface area (Å²) in [6, 6.07) is 19.8. The van der Waals surface area contributed by atoms with Crippen LogP contribution in [-0.4, -0.2) is 140 Å². The molecule has 29 heteroatoms. The maximum absolute atomic E-state index is 14.4. The minimum absolute atomic E-state index is 0.0150. The first-order valence-corrected chi connectivity index (χ1v) is 31.2. The van der Waals surface area contributed by atoms with Crippen LogP contribution in [0.4, 0.5) is 28.4 Å².